The first-order chi connectivity index (χ1) is 10.7. The zero-order chi connectivity index (χ0) is 15.4. The summed E-state index contributed by atoms with van der Waals surface area (Å²) in [7, 11) is 0. The normalized spacial score (nSPS) is 32.6. The summed E-state index contributed by atoms with van der Waals surface area (Å²) in [4.78, 5) is 16.0. The number of hydrogen-bond acceptors (Lipinski definition) is 7. The number of thiazole rings is 1. The molecule has 7 nitrogen and oxygen atoms in total. The third-order valence-electron chi connectivity index (χ3n) is 3.92. The minimum atomic E-state index is -0.470. The summed E-state index contributed by atoms with van der Waals surface area (Å²) < 4.78 is 11.5. The smallest absolute Gasteiger partial charge is 0.228 e. The van der Waals surface area contributed by atoms with Gasteiger partial charge in [-0.2, -0.15) is 0 Å². The number of carbonyl (C=O) groups excluding carboxylic acids is 1. The van der Waals surface area contributed by atoms with Gasteiger partial charge in [-0.25, -0.2) is 4.98 Å². The van der Waals surface area contributed by atoms with Crippen LogP contribution in [0.5, 0.6) is 0 Å². The van der Waals surface area contributed by atoms with Crippen molar-refractivity contribution in [3.63, 3.8) is 0 Å². The lowest BCUT2D eigenvalue weighted by molar-refractivity contribution is -0.134. The third kappa shape index (κ3) is 4.23. The summed E-state index contributed by atoms with van der Waals surface area (Å²) in [6, 6.07) is 0.174. The molecule has 8 heteroatoms. The van der Waals surface area contributed by atoms with Crippen LogP contribution in [0.4, 0.5) is 5.13 Å². The molecule has 1 aromatic rings. The van der Waals surface area contributed by atoms with Gasteiger partial charge < -0.3 is 25.2 Å². The number of aromatic nitrogens is 1. The number of rotatable bonds is 3. The molecule has 2 aliphatic rings. The van der Waals surface area contributed by atoms with E-state index in [1.807, 2.05) is 5.38 Å². The van der Waals surface area contributed by atoms with Crippen LogP contribution in [0.2, 0.25) is 0 Å². The van der Waals surface area contributed by atoms with Crippen LogP contribution >= 0.6 is 11.3 Å². The van der Waals surface area contributed by atoms with Gasteiger partial charge in [0.15, 0.2) is 5.13 Å². The van der Waals surface area contributed by atoms with Gasteiger partial charge in [0.25, 0.3) is 0 Å². The molecule has 0 saturated carbocycles. The number of ether oxygens (including phenoxy) is 2. The zero-order valence-corrected chi connectivity index (χ0v) is 13.1. The lowest BCUT2D eigenvalue weighted by Gasteiger charge is -2.38. The highest BCUT2D eigenvalue weighted by Gasteiger charge is 2.33. The average molecular weight is 327 g/mol. The van der Waals surface area contributed by atoms with Gasteiger partial charge in [-0.3, -0.25) is 4.79 Å². The molecule has 0 unspecified atom stereocenters. The van der Waals surface area contributed by atoms with Gasteiger partial charge in [0.1, 0.15) is 0 Å². The first kappa shape index (κ1) is 15.8. The fourth-order valence-electron chi connectivity index (χ4n) is 2.83. The first-order valence-corrected chi connectivity index (χ1v) is 8.42. The molecule has 4 atom stereocenters. The number of fused-ring (bicyclic) bond motifs is 1. The minimum Gasteiger partial charge on any atom is -0.389 e. The summed E-state index contributed by atoms with van der Waals surface area (Å²) in [5, 5.41) is 18.1. The van der Waals surface area contributed by atoms with Crippen molar-refractivity contribution < 1.29 is 19.4 Å². The molecule has 1 amide bonds. The molecule has 0 spiro atoms. The maximum absolute atomic E-state index is 12.0. The Bertz CT molecular complexity index is 484. The number of hydrogen-bond donors (Lipinski definition) is 3. The fraction of sp³-hybridized carbons (Fsp3) is 0.714. The second kappa shape index (κ2) is 7.47. The first-order valence-electron chi connectivity index (χ1n) is 7.54. The van der Waals surface area contributed by atoms with Crippen molar-refractivity contribution in [3.05, 3.63) is 11.6 Å². The SMILES string of the molecule is O=C(C[C@@H]1CC[C@H]2NC[C@H](O)COC[C@@H]2O1)Nc1nccs1. The number of anilines is 1. The Morgan fingerprint density at radius 1 is 1.50 bits per heavy atom. The highest BCUT2D eigenvalue weighted by molar-refractivity contribution is 7.13. The summed E-state index contributed by atoms with van der Waals surface area (Å²) >= 11 is 1.40. The van der Waals surface area contributed by atoms with Crippen LogP contribution in [-0.4, -0.2) is 60.1 Å². The molecule has 1 aromatic heterocycles. The number of amides is 1. The van der Waals surface area contributed by atoms with Crippen molar-refractivity contribution in [3.8, 4) is 0 Å². The summed E-state index contributed by atoms with van der Waals surface area (Å²) in [6.07, 6.45) is 3.07. The molecule has 0 aromatic carbocycles. The molecular formula is C14H21N3O4S. The quantitative estimate of drug-likeness (QED) is 0.743. The van der Waals surface area contributed by atoms with Crippen molar-refractivity contribution in [1.82, 2.24) is 10.3 Å². The molecule has 0 aliphatic carbocycles. The molecule has 2 aliphatic heterocycles. The van der Waals surface area contributed by atoms with Gasteiger partial charge >= 0.3 is 0 Å². The standard InChI is InChI=1S/C14H21N3O4S/c18-9-6-16-11-2-1-10(21-12(11)8-20-7-9)5-13(19)17-14-15-3-4-22-14/h3-4,9-12,16,18H,1-2,5-8H2,(H,15,17,19)/t9-,10-,11+,12-/m0/s1. The Hall–Kier alpha value is -1.06. The Labute approximate surface area is 133 Å². The predicted octanol–water partition coefficient (Wildman–Crippen LogP) is 0.369. The Kier molecular flexibility index (Phi) is 5.37. The molecule has 0 radical (unpaired) electrons. The van der Waals surface area contributed by atoms with Crippen molar-refractivity contribution in [2.75, 3.05) is 25.1 Å². The van der Waals surface area contributed by atoms with Gasteiger partial charge in [0, 0.05) is 24.2 Å². The van der Waals surface area contributed by atoms with Crippen LogP contribution in [-0.2, 0) is 14.3 Å². The van der Waals surface area contributed by atoms with E-state index < -0.39 is 6.10 Å². The van der Waals surface area contributed by atoms with E-state index in [2.05, 4.69) is 15.6 Å². The predicted molar refractivity (Wildman–Crippen MR) is 81.9 cm³/mol. The largest absolute Gasteiger partial charge is 0.389 e. The fourth-order valence-corrected chi connectivity index (χ4v) is 3.37. The summed E-state index contributed by atoms with van der Waals surface area (Å²) in [5.74, 6) is -0.0754. The molecule has 2 fully saturated rings. The molecule has 22 heavy (non-hydrogen) atoms. The lowest BCUT2D eigenvalue weighted by atomic mass is 9.96. The number of aliphatic hydroxyl groups excluding tert-OH is 1. The summed E-state index contributed by atoms with van der Waals surface area (Å²) in [6.45, 7) is 1.27. The second-order valence-corrected chi connectivity index (χ2v) is 6.56. The van der Waals surface area contributed by atoms with E-state index in [0.717, 1.165) is 12.8 Å². The maximum atomic E-state index is 12.0. The van der Waals surface area contributed by atoms with Gasteiger partial charge in [0.2, 0.25) is 5.91 Å². The molecule has 122 valence electrons. The van der Waals surface area contributed by atoms with Crippen LogP contribution in [0.1, 0.15) is 19.3 Å². The average Bonchev–Trinajstić information content (AvgIpc) is 2.97. The molecule has 3 N–H and O–H groups in total. The van der Waals surface area contributed by atoms with Crippen LogP contribution < -0.4 is 10.6 Å². The monoisotopic (exact) mass is 327 g/mol. The number of nitrogens with zero attached hydrogens (tertiary/aromatic N) is 1. The third-order valence-corrected chi connectivity index (χ3v) is 4.60. The Morgan fingerprint density at radius 2 is 2.41 bits per heavy atom. The number of carbonyl (C=O) groups is 1. The Balaban J connectivity index is 1.49. The Morgan fingerprint density at radius 3 is 3.23 bits per heavy atom. The molecule has 3 heterocycles. The zero-order valence-electron chi connectivity index (χ0n) is 12.2. The second-order valence-electron chi connectivity index (χ2n) is 5.67. The van der Waals surface area contributed by atoms with E-state index in [9.17, 15) is 9.90 Å². The van der Waals surface area contributed by atoms with Crippen LogP contribution in [0.3, 0.4) is 0 Å². The van der Waals surface area contributed by atoms with E-state index in [0.29, 0.717) is 31.3 Å². The van der Waals surface area contributed by atoms with Gasteiger partial charge in [-0.15, -0.1) is 11.3 Å². The number of nitrogens with one attached hydrogen (secondary N) is 2. The molecular weight excluding hydrogens is 306 g/mol. The number of aliphatic hydroxyl groups is 1. The van der Waals surface area contributed by atoms with Crippen LogP contribution in [0, 0.1) is 0 Å². The van der Waals surface area contributed by atoms with E-state index in [1.54, 1.807) is 6.20 Å². The molecule has 2 saturated heterocycles. The van der Waals surface area contributed by atoms with Gasteiger partial charge in [0.05, 0.1) is 37.9 Å². The number of β-amino-alcohol motifs (C(OH)–C–C–N with tert-alkyl or cyclic N) is 1. The van der Waals surface area contributed by atoms with Crippen molar-refractivity contribution in [2.24, 2.45) is 0 Å². The van der Waals surface area contributed by atoms with E-state index in [4.69, 9.17) is 9.47 Å². The van der Waals surface area contributed by atoms with Crippen molar-refractivity contribution in [2.45, 2.75) is 43.6 Å². The van der Waals surface area contributed by atoms with Gasteiger partial charge in [-0.05, 0) is 12.8 Å². The van der Waals surface area contributed by atoms with Crippen molar-refractivity contribution in [1.29, 1.82) is 0 Å². The highest BCUT2D eigenvalue weighted by atomic mass is 32.1. The van der Waals surface area contributed by atoms with Crippen molar-refractivity contribution >= 4 is 22.4 Å². The summed E-state index contributed by atoms with van der Waals surface area (Å²) in [5.41, 5.74) is 0. The van der Waals surface area contributed by atoms with E-state index in [1.165, 1.54) is 11.3 Å². The molecule has 0 bridgehead atoms. The topological polar surface area (TPSA) is 92.7 Å². The highest BCUT2D eigenvalue weighted by Crippen LogP contribution is 2.24. The minimum absolute atomic E-state index is 0.0705. The molecule has 3 rings (SSSR count). The van der Waals surface area contributed by atoms with Gasteiger partial charge in [-0.1, -0.05) is 0 Å². The van der Waals surface area contributed by atoms with E-state index in [-0.39, 0.29) is 24.2 Å². The van der Waals surface area contributed by atoms with Crippen LogP contribution in [0.25, 0.3) is 0 Å². The van der Waals surface area contributed by atoms with Crippen LogP contribution in [0.15, 0.2) is 11.6 Å². The maximum Gasteiger partial charge on any atom is 0.228 e. The van der Waals surface area contributed by atoms with E-state index >= 15 is 0 Å². The lowest BCUT2D eigenvalue weighted by Crippen LogP contribution is -2.53.